The Balaban J connectivity index is -0.000000282. The first-order valence-electron chi connectivity index (χ1n) is 16.9. The second-order valence-corrected chi connectivity index (χ2v) is 12.6. The normalized spacial score (nSPS) is 11.5. The van der Waals surface area contributed by atoms with Crippen molar-refractivity contribution >= 4 is 23.0 Å². The third-order valence-electron chi connectivity index (χ3n) is 6.94. The van der Waals surface area contributed by atoms with E-state index < -0.39 is 12.1 Å². The molecule has 1 unspecified atom stereocenters. The SMILES string of the molecule is Br.CC(O)CO.CCCCCCCCCCCC(=O)O.CCCCCCCCCCCCCCCC[N+](C)(C)C. The van der Waals surface area contributed by atoms with Crippen molar-refractivity contribution in [3.05, 3.63) is 0 Å². The van der Waals surface area contributed by atoms with Crippen molar-refractivity contribution in [2.24, 2.45) is 0 Å². The van der Waals surface area contributed by atoms with Gasteiger partial charge in [0, 0.05) is 6.42 Å². The van der Waals surface area contributed by atoms with Gasteiger partial charge in [0.25, 0.3) is 0 Å². The van der Waals surface area contributed by atoms with Crippen molar-refractivity contribution in [3.63, 3.8) is 0 Å². The Labute approximate surface area is 262 Å². The maximum Gasteiger partial charge on any atom is 0.303 e. The molecule has 0 aliphatic carbocycles. The van der Waals surface area contributed by atoms with Gasteiger partial charge in [0.1, 0.15) is 0 Å². The molecule has 0 bridgehead atoms. The summed E-state index contributed by atoms with van der Waals surface area (Å²) in [6, 6.07) is 0. The molecule has 0 spiro atoms. The summed E-state index contributed by atoms with van der Waals surface area (Å²) in [6.07, 6.45) is 31.3. The van der Waals surface area contributed by atoms with Crippen molar-refractivity contribution in [1.29, 1.82) is 0 Å². The van der Waals surface area contributed by atoms with Gasteiger partial charge < -0.3 is 19.8 Å². The van der Waals surface area contributed by atoms with Crippen LogP contribution in [-0.4, -0.2) is 66.2 Å². The lowest BCUT2D eigenvalue weighted by Gasteiger charge is -2.23. The molecule has 3 N–H and O–H groups in total. The van der Waals surface area contributed by atoms with Crippen molar-refractivity contribution in [3.8, 4) is 0 Å². The van der Waals surface area contributed by atoms with Crippen molar-refractivity contribution < 1.29 is 24.6 Å². The van der Waals surface area contributed by atoms with Gasteiger partial charge in [-0.05, 0) is 26.2 Å². The van der Waals surface area contributed by atoms with Crippen LogP contribution in [0.3, 0.4) is 0 Å². The quantitative estimate of drug-likeness (QED) is 0.0649. The molecule has 0 aliphatic rings. The van der Waals surface area contributed by atoms with E-state index in [1.54, 1.807) is 0 Å². The molecule has 6 heteroatoms. The van der Waals surface area contributed by atoms with Crippen LogP contribution in [-0.2, 0) is 4.79 Å². The van der Waals surface area contributed by atoms with E-state index in [-0.39, 0.29) is 23.6 Å². The number of quaternary nitrogens is 1. The molecule has 0 fully saturated rings. The van der Waals surface area contributed by atoms with E-state index in [1.165, 1.54) is 148 Å². The Morgan fingerprint density at radius 1 is 0.575 bits per heavy atom. The number of carboxylic acids is 1. The van der Waals surface area contributed by atoms with Gasteiger partial charge in [0.05, 0.1) is 40.4 Å². The molecule has 40 heavy (non-hydrogen) atoms. The standard InChI is InChI=1S/C19H42N.C12H24O2.C3H8O2.BrH/c1-5-6-7-8-9-10-11-12-13-14-15-16-17-18-19-20(2,3)4;1-2-3-4-5-6-7-8-9-10-11-12(13)14;1-3(5)2-4;/h5-19H2,1-4H3;2-11H2,1H3,(H,13,14);3-5H,2H2,1H3;1H/q+1;;;. The first-order valence-corrected chi connectivity index (χ1v) is 16.9. The minimum atomic E-state index is -0.659. The molecule has 0 saturated heterocycles. The van der Waals surface area contributed by atoms with E-state index in [0.29, 0.717) is 6.42 Å². The van der Waals surface area contributed by atoms with Crippen LogP contribution in [0.5, 0.6) is 0 Å². The Kier molecular flexibility index (Phi) is 45.4. The molecular weight excluding hydrogens is 566 g/mol. The van der Waals surface area contributed by atoms with E-state index in [2.05, 4.69) is 35.0 Å². The summed E-state index contributed by atoms with van der Waals surface area (Å²) < 4.78 is 1.12. The Hall–Kier alpha value is -0.170. The first kappa shape index (κ1) is 46.8. The van der Waals surface area contributed by atoms with Crippen LogP contribution in [0.2, 0.25) is 0 Å². The van der Waals surface area contributed by atoms with Crippen molar-refractivity contribution in [2.45, 2.75) is 181 Å². The molecule has 5 nitrogen and oxygen atoms in total. The monoisotopic (exact) mass is 640 g/mol. The van der Waals surface area contributed by atoms with E-state index in [0.717, 1.165) is 17.3 Å². The smallest absolute Gasteiger partial charge is 0.303 e. The molecule has 0 rings (SSSR count). The molecule has 0 saturated carbocycles. The number of nitrogens with zero attached hydrogens (tertiary/aromatic N) is 1. The average Bonchev–Trinajstić information content (AvgIpc) is 2.88. The molecule has 1 atom stereocenters. The van der Waals surface area contributed by atoms with Crippen LogP contribution in [0.1, 0.15) is 175 Å². The summed E-state index contributed by atoms with van der Waals surface area (Å²) in [6.45, 7) is 7.24. The molecule has 0 amide bonds. The Morgan fingerprint density at radius 2 is 0.825 bits per heavy atom. The van der Waals surface area contributed by atoms with Gasteiger partial charge >= 0.3 is 5.97 Å². The van der Waals surface area contributed by atoms with Gasteiger partial charge in [0.15, 0.2) is 0 Å². The summed E-state index contributed by atoms with van der Waals surface area (Å²) in [5, 5.41) is 24.4. The number of unbranched alkanes of at least 4 members (excludes halogenated alkanes) is 21. The highest BCUT2D eigenvalue weighted by atomic mass is 79.9. The largest absolute Gasteiger partial charge is 0.481 e. The second kappa shape index (κ2) is 38.8. The number of rotatable bonds is 26. The van der Waals surface area contributed by atoms with E-state index >= 15 is 0 Å². The lowest BCUT2D eigenvalue weighted by atomic mass is 10.0. The van der Waals surface area contributed by atoms with Gasteiger partial charge in [-0.2, -0.15) is 0 Å². The highest BCUT2D eigenvalue weighted by Crippen LogP contribution is 2.13. The molecule has 0 aromatic rings. The highest BCUT2D eigenvalue weighted by Gasteiger charge is 2.05. The molecule has 0 aromatic carbocycles. The summed E-state index contributed by atoms with van der Waals surface area (Å²) in [5.41, 5.74) is 0. The summed E-state index contributed by atoms with van der Waals surface area (Å²) in [5.74, 6) is -0.659. The highest BCUT2D eigenvalue weighted by molar-refractivity contribution is 8.93. The van der Waals surface area contributed by atoms with Crippen LogP contribution >= 0.6 is 17.0 Å². The minimum absolute atomic E-state index is 0. The number of hydrogen-bond donors (Lipinski definition) is 3. The molecular formula is C34H75BrNO4+. The Bertz CT molecular complexity index is 456. The number of carboxylic acid groups (broad SMARTS) is 1. The lowest BCUT2D eigenvalue weighted by Crippen LogP contribution is -2.35. The number of halogens is 1. The third-order valence-corrected chi connectivity index (χ3v) is 6.94. The van der Waals surface area contributed by atoms with Gasteiger partial charge in [-0.25, -0.2) is 0 Å². The number of hydrogen-bond acceptors (Lipinski definition) is 3. The number of aliphatic hydroxyl groups is 2. The average molecular weight is 642 g/mol. The summed E-state index contributed by atoms with van der Waals surface area (Å²) in [7, 11) is 6.88. The maximum absolute atomic E-state index is 10.2. The van der Waals surface area contributed by atoms with Gasteiger partial charge in [-0.15, -0.1) is 17.0 Å². The Morgan fingerprint density at radius 3 is 1.05 bits per heavy atom. The molecule has 0 radical (unpaired) electrons. The summed E-state index contributed by atoms with van der Waals surface area (Å²) >= 11 is 0. The van der Waals surface area contributed by atoms with Gasteiger partial charge in [-0.3, -0.25) is 4.79 Å². The lowest BCUT2D eigenvalue weighted by molar-refractivity contribution is -0.870. The zero-order valence-corrected chi connectivity index (χ0v) is 29.8. The van der Waals surface area contributed by atoms with E-state index in [9.17, 15) is 4.79 Å². The zero-order chi connectivity index (χ0) is 30.0. The van der Waals surface area contributed by atoms with E-state index in [4.69, 9.17) is 15.3 Å². The second-order valence-electron chi connectivity index (χ2n) is 12.6. The fraction of sp³-hybridized carbons (Fsp3) is 0.971. The van der Waals surface area contributed by atoms with Crippen molar-refractivity contribution in [1.82, 2.24) is 0 Å². The topological polar surface area (TPSA) is 77.8 Å². The molecule has 0 heterocycles. The third kappa shape index (κ3) is 57.7. The minimum Gasteiger partial charge on any atom is -0.481 e. The predicted molar refractivity (Wildman–Crippen MR) is 182 cm³/mol. The predicted octanol–water partition coefficient (Wildman–Crippen LogP) is 10.1. The van der Waals surface area contributed by atoms with Crippen molar-refractivity contribution in [2.75, 3.05) is 34.3 Å². The summed E-state index contributed by atoms with van der Waals surface area (Å²) in [4.78, 5) is 10.2. The van der Waals surface area contributed by atoms with Crippen LogP contribution in [0.25, 0.3) is 0 Å². The number of carbonyl (C=O) groups is 1. The fourth-order valence-corrected chi connectivity index (χ4v) is 4.37. The van der Waals surface area contributed by atoms with Crippen LogP contribution < -0.4 is 0 Å². The fourth-order valence-electron chi connectivity index (χ4n) is 4.37. The van der Waals surface area contributed by atoms with Gasteiger partial charge in [-0.1, -0.05) is 142 Å². The van der Waals surface area contributed by atoms with Gasteiger partial charge in [0.2, 0.25) is 0 Å². The van der Waals surface area contributed by atoms with Crippen LogP contribution in [0, 0.1) is 0 Å². The van der Waals surface area contributed by atoms with E-state index in [1.807, 2.05) is 0 Å². The van der Waals surface area contributed by atoms with Crippen LogP contribution in [0.15, 0.2) is 0 Å². The zero-order valence-electron chi connectivity index (χ0n) is 28.1. The number of aliphatic hydroxyl groups excluding tert-OH is 2. The number of aliphatic carboxylic acids is 1. The van der Waals surface area contributed by atoms with Crippen LogP contribution in [0.4, 0.5) is 0 Å². The molecule has 0 aliphatic heterocycles. The first-order chi connectivity index (χ1) is 18.6. The molecule has 0 aromatic heterocycles. The molecule has 246 valence electrons. The maximum atomic E-state index is 10.2.